The van der Waals surface area contributed by atoms with Crippen LogP contribution in [-0.2, 0) is 7.05 Å². The maximum atomic E-state index is 11.6. The summed E-state index contributed by atoms with van der Waals surface area (Å²) >= 11 is 3.15. The number of halogens is 1. The van der Waals surface area contributed by atoms with Crippen molar-refractivity contribution in [3.8, 4) is 0 Å². The Balaban J connectivity index is 2.69. The third-order valence-corrected chi connectivity index (χ3v) is 2.92. The number of alkyl halides is 1. The summed E-state index contributed by atoms with van der Waals surface area (Å²) in [6.07, 6.45) is 0. The monoisotopic (exact) mass is 266 g/mol. The third kappa shape index (κ3) is 1.69. The molecule has 0 fully saturated rings. The molecule has 0 amide bonds. The molecule has 0 saturated carbocycles. The summed E-state index contributed by atoms with van der Waals surface area (Å²) in [6.45, 7) is 2.01. The fourth-order valence-electron chi connectivity index (χ4n) is 1.62. The Morgan fingerprint density at radius 3 is 2.93 bits per heavy atom. The minimum Gasteiger partial charge on any atom is -0.325 e. The van der Waals surface area contributed by atoms with Crippen LogP contribution in [0.2, 0.25) is 0 Å². The van der Waals surface area contributed by atoms with Gasteiger partial charge in [-0.15, -0.1) is 0 Å². The average Bonchev–Trinajstić information content (AvgIpc) is 2.54. The van der Waals surface area contributed by atoms with Crippen LogP contribution in [0.3, 0.4) is 0 Å². The molecule has 3 nitrogen and oxygen atoms in total. The molecule has 2 aromatic rings. The molecule has 0 aliphatic rings. The lowest BCUT2D eigenvalue weighted by Crippen LogP contribution is -2.08. The Kier molecular flexibility index (Phi) is 2.61. The van der Waals surface area contributed by atoms with Gasteiger partial charge in [0.15, 0.2) is 5.82 Å². The lowest BCUT2D eigenvalue weighted by atomic mass is 10.2. The minimum atomic E-state index is 0.00588. The SMILES string of the molecule is Cc1ccc2c(c1)nc(C(=O)CBr)n2C. The molecule has 0 aliphatic carbocycles. The van der Waals surface area contributed by atoms with Gasteiger partial charge in [-0.25, -0.2) is 4.98 Å². The molecule has 78 valence electrons. The number of ketones is 1. The van der Waals surface area contributed by atoms with Gasteiger partial charge in [-0.3, -0.25) is 4.79 Å². The van der Waals surface area contributed by atoms with E-state index < -0.39 is 0 Å². The van der Waals surface area contributed by atoms with Crippen molar-refractivity contribution >= 4 is 32.7 Å². The standard InChI is InChI=1S/C11H11BrN2O/c1-7-3-4-9-8(5-7)13-11(14(9)2)10(15)6-12/h3-5H,6H2,1-2H3. The predicted octanol–water partition coefficient (Wildman–Crippen LogP) is 2.46. The number of carbonyl (C=O) groups excluding carboxylic acids is 1. The van der Waals surface area contributed by atoms with E-state index in [0.29, 0.717) is 11.2 Å². The lowest BCUT2D eigenvalue weighted by molar-refractivity contribution is 0.101. The van der Waals surface area contributed by atoms with Gasteiger partial charge < -0.3 is 4.57 Å². The molecule has 0 unspecified atom stereocenters. The van der Waals surface area contributed by atoms with Crippen molar-refractivity contribution in [2.24, 2.45) is 7.05 Å². The number of aryl methyl sites for hydroxylation is 2. The fourth-order valence-corrected chi connectivity index (χ4v) is 1.87. The summed E-state index contributed by atoms with van der Waals surface area (Å²) in [5.74, 6) is 0.513. The van der Waals surface area contributed by atoms with E-state index in [0.717, 1.165) is 16.6 Å². The van der Waals surface area contributed by atoms with Crippen molar-refractivity contribution in [3.63, 3.8) is 0 Å². The number of nitrogens with zero attached hydrogens (tertiary/aromatic N) is 2. The van der Waals surface area contributed by atoms with E-state index in [1.807, 2.05) is 36.7 Å². The van der Waals surface area contributed by atoms with Crippen molar-refractivity contribution < 1.29 is 4.79 Å². The summed E-state index contributed by atoms with van der Waals surface area (Å²) in [6, 6.07) is 6.00. The summed E-state index contributed by atoms with van der Waals surface area (Å²) in [4.78, 5) is 15.9. The van der Waals surface area contributed by atoms with Crippen LogP contribution in [0.4, 0.5) is 0 Å². The summed E-state index contributed by atoms with van der Waals surface area (Å²) in [7, 11) is 1.86. The van der Waals surface area contributed by atoms with E-state index in [2.05, 4.69) is 20.9 Å². The first-order chi connectivity index (χ1) is 7.13. The van der Waals surface area contributed by atoms with E-state index in [1.165, 1.54) is 0 Å². The highest BCUT2D eigenvalue weighted by molar-refractivity contribution is 9.09. The first kappa shape index (κ1) is 10.4. The molecule has 1 aromatic heterocycles. The van der Waals surface area contributed by atoms with Gasteiger partial charge in [-0.2, -0.15) is 0 Å². The average molecular weight is 267 g/mol. The number of hydrogen-bond donors (Lipinski definition) is 0. The lowest BCUT2D eigenvalue weighted by Gasteiger charge is -1.98. The molecular weight excluding hydrogens is 256 g/mol. The summed E-state index contributed by atoms with van der Waals surface area (Å²) in [5.41, 5.74) is 3.02. The zero-order valence-electron chi connectivity index (χ0n) is 8.62. The second-order valence-corrected chi connectivity index (χ2v) is 4.10. The quantitative estimate of drug-likeness (QED) is 0.618. The van der Waals surface area contributed by atoms with Gasteiger partial charge >= 0.3 is 0 Å². The van der Waals surface area contributed by atoms with Gasteiger partial charge in [0.05, 0.1) is 16.4 Å². The Morgan fingerprint density at radius 2 is 2.27 bits per heavy atom. The molecule has 1 aromatic carbocycles. The van der Waals surface area contributed by atoms with Crippen LogP contribution in [0.25, 0.3) is 11.0 Å². The zero-order valence-corrected chi connectivity index (χ0v) is 10.2. The molecule has 4 heteroatoms. The molecule has 0 radical (unpaired) electrons. The number of Topliss-reactive ketones (excluding diaryl/α,β-unsaturated/α-hetero) is 1. The number of imidazole rings is 1. The maximum absolute atomic E-state index is 11.6. The third-order valence-electron chi connectivity index (χ3n) is 2.41. The van der Waals surface area contributed by atoms with Gasteiger partial charge in [-0.1, -0.05) is 22.0 Å². The largest absolute Gasteiger partial charge is 0.325 e. The highest BCUT2D eigenvalue weighted by Gasteiger charge is 2.13. The molecule has 0 spiro atoms. The summed E-state index contributed by atoms with van der Waals surface area (Å²) < 4.78 is 1.83. The topological polar surface area (TPSA) is 34.9 Å². The first-order valence-corrected chi connectivity index (χ1v) is 5.78. The number of hydrogen-bond acceptors (Lipinski definition) is 2. The molecule has 0 N–H and O–H groups in total. The molecule has 0 bridgehead atoms. The smallest absolute Gasteiger partial charge is 0.208 e. The van der Waals surface area contributed by atoms with Gasteiger partial charge in [-0.05, 0) is 24.6 Å². The van der Waals surface area contributed by atoms with Crippen LogP contribution in [0.15, 0.2) is 18.2 Å². The Labute approximate surface area is 96.2 Å². The van der Waals surface area contributed by atoms with E-state index in [1.54, 1.807) is 0 Å². The number of aromatic nitrogens is 2. The number of carbonyl (C=O) groups is 1. The van der Waals surface area contributed by atoms with Gasteiger partial charge in [0.2, 0.25) is 5.78 Å². The van der Waals surface area contributed by atoms with Gasteiger partial charge in [0, 0.05) is 7.05 Å². The second-order valence-electron chi connectivity index (χ2n) is 3.54. The fraction of sp³-hybridized carbons (Fsp3) is 0.273. The number of benzene rings is 1. The molecule has 15 heavy (non-hydrogen) atoms. The molecule has 2 rings (SSSR count). The van der Waals surface area contributed by atoms with Crippen LogP contribution in [0, 0.1) is 6.92 Å². The van der Waals surface area contributed by atoms with E-state index in [4.69, 9.17) is 0 Å². The highest BCUT2D eigenvalue weighted by atomic mass is 79.9. The Bertz CT molecular complexity index is 531. The second kappa shape index (κ2) is 3.77. The number of fused-ring (bicyclic) bond motifs is 1. The van der Waals surface area contributed by atoms with Crippen molar-refractivity contribution in [1.29, 1.82) is 0 Å². The highest BCUT2D eigenvalue weighted by Crippen LogP contribution is 2.17. The van der Waals surface area contributed by atoms with Crippen LogP contribution < -0.4 is 0 Å². The van der Waals surface area contributed by atoms with Crippen LogP contribution in [0.1, 0.15) is 16.2 Å². The molecule has 0 aliphatic heterocycles. The van der Waals surface area contributed by atoms with Crippen molar-refractivity contribution in [1.82, 2.24) is 9.55 Å². The van der Waals surface area contributed by atoms with E-state index >= 15 is 0 Å². The Morgan fingerprint density at radius 1 is 1.53 bits per heavy atom. The van der Waals surface area contributed by atoms with Crippen LogP contribution >= 0.6 is 15.9 Å². The van der Waals surface area contributed by atoms with Crippen molar-refractivity contribution in [2.75, 3.05) is 5.33 Å². The van der Waals surface area contributed by atoms with Crippen molar-refractivity contribution in [2.45, 2.75) is 6.92 Å². The van der Waals surface area contributed by atoms with Crippen molar-refractivity contribution in [3.05, 3.63) is 29.6 Å². The zero-order chi connectivity index (χ0) is 11.0. The molecule has 1 heterocycles. The van der Waals surface area contributed by atoms with Crippen LogP contribution in [-0.4, -0.2) is 20.7 Å². The minimum absolute atomic E-state index is 0.00588. The van der Waals surface area contributed by atoms with Gasteiger partial charge in [0.25, 0.3) is 0 Å². The Hall–Kier alpha value is -1.16. The molecule has 0 atom stereocenters. The van der Waals surface area contributed by atoms with Gasteiger partial charge in [0.1, 0.15) is 0 Å². The molecular formula is C11H11BrN2O. The number of rotatable bonds is 2. The van der Waals surface area contributed by atoms with E-state index in [9.17, 15) is 4.79 Å². The molecule has 0 saturated heterocycles. The first-order valence-electron chi connectivity index (χ1n) is 4.65. The van der Waals surface area contributed by atoms with Crippen LogP contribution in [0.5, 0.6) is 0 Å². The normalized spacial score (nSPS) is 10.9. The summed E-state index contributed by atoms with van der Waals surface area (Å²) in [5, 5.41) is 0.309. The van der Waals surface area contributed by atoms with E-state index in [-0.39, 0.29) is 5.78 Å². The predicted molar refractivity (Wildman–Crippen MR) is 63.6 cm³/mol. The maximum Gasteiger partial charge on any atom is 0.208 e.